The van der Waals surface area contributed by atoms with E-state index in [0.717, 1.165) is 43.5 Å². The highest BCUT2D eigenvalue weighted by Gasteiger charge is 2.35. The van der Waals surface area contributed by atoms with Crippen molar-refractivity contribution < 1.29 is 5.11 Å². The second kappa shape index (κ2) is 5.47. The van der Waals surface area contributed by atoms with Gasteiger partial charge in [0.25, 0.3) is 0 Å². The van der Waals surface area contributed by atoms with E-state index >= 15 is 0 Å². The monoisotopic (exact) mass is 286 g/mol. The fourth-order valence-electron chi connectivity index (χ4n) is 2.80. The van der Waals surface area contributed by atoms with Gasteiger partial charge in [-0.05, 0) is 25.0 Å². The van der Waals surface area contributed by atoms with Crippen molar-refractivity contribution in [1.29, 1.82) is 0 Å². The number of nitrogens with zero attached hydrogens (tertiary/aromatic N) is 2. The molecular weight excluding hydrogens is 268 g/mol. The van der Waals surface area contributed by atoms with E-state index in [4.69, 9.17) is 11.6 Å². The summed E-state index contributed by atoms with van der Waals surface area (Å²) in [7, 11) is 0. The molecule has 2 heterocycles. The average Bonchev–Trinajstić information content (AvgIpc) is 2.75. The van der Waals surface area contributed by atoms with E-state index in [9.17, 15) is 5.11 Å². The highest BCUT2D eigenvalue weighted by molar-refractivity contribution is 7.16. The molecule has 0 aromatic carbocycles. The van der Waals surface area contributed by atoms with Gasteiger partial charge in [-0.2, -0.15) is 0 Å². The predicted molar refractivity (Wildman–Crippen MR) is 75.2 cm³/mol. The molecule has 5 heteroatoms. The quantitative estimate of drug-likeness (QED) is 0.921. The summed E-state index contributed by atoms with van der Waals surface area (Å²) < 4.78 is 0.876. The first kappa shape index (κ1) is 12.9. The maximum Gasteiger partial charge on any atom is 0.0931 e. The summed E-state index contributed by atoms with van der Waals surface area (Å²) in [4.78, 5) is 6.27. The first-order valence-electron chi connectivity index (χ1n) is 6.61. The molecule has 2 atom stereocenters. The first-order chi connectivity index (χ1) is 8.72. The fourth-order valence-corrected chi connectivity index (χ4v) is 3.93. The number of halogens is 1. The lowest BCUT2D eigenvalue weighted by Crippen LogP contribution is -2.57. The molecule has 3 nitrogen and oxygen atoms in total. The summed E-state index contributed by atoms with van der Waals surface area (Å²) in [5, 5.41) is 9.70. The predicted octanol–water partition coefficient (Wildman–Crippen LogP) is 2.04. The zero-order valence-electron chi connectivity index (χ0n) is 10.4. The van der Waals surface area contributed by atoms with Gasteiger partial charge in [0.05, 0.1) is 10.4 Å². The summed E-state index contributed by atoms with van der Waals surface area (Å²) in [6.45, 7) is 5.37. The SMILES string of the molecule is OC1CCC1N1CCN(Cc2ccc(Cl)s2)CC1. The van der Waals surface area contributed by atoms with E-state index in [2.05, 4.69) is 15.9 Å². The van der Waals surface area contributed by atoms with E-state index in [0.29, 0.717) is 6.04 Å². The van der Waals surface area contributed by atoms with Gasteiger partial charge in [0.15, 0.2) is 0 Å². The molecule has 18 heavy (non-hydrogen) atoms. The number of hydrogen-bond acceptors (Lipinski definition) is 4. The second-order valence-electron chi connectivity index (χ2n) is 5.23. The number of hydrogen-bond donors (Lipinski definition) is 1. The van der Waals surface area contributed by atoms with Crippen LogP contribution in [0.4, 0.5) is 0 Å². The Balaban J connectivity index is 1.48. The third kappa shape index (κ3) is 2.73. The van der Waals surface area contributed by atoms with Crippen molar-refractivity contribution in [2.45, 2.75) is 31.5 Å². The van der Waals surface area contributed by atoms with Crippen molar-refractivity contribution >= 4 is 22.9 Å². The Labute approximate surface area is 117 Å². The lowest BCUT2D eigenvalue weighted by Gasteiger charge is -2.45. The molecular formula is C13H19ClN2OS. The summed E-state index contributed by atoms with van der Waals surface area (Å²) in [6.07, 6.45) is 2.08. The molecule has 1 aromatic rings. The summed E-state index contributed by atoms with van der Waals surface area (Å²) in [5.41, 5.74) is 0. The molecule has 1 aromatic heterocycles. The Morgan fingerprint density at radius 1 is 1.22 bits per heavy atom. The second-order valence-corrected chi connectivity index (χ2v) is 7.03. The number of aliphatic hydroxyl groups excluding tert-OH is 1. The Kier molecular flexibility index (Phi) is 3.91. The number of piperazine rings is 1. The van der Waals surface area contributed by atoms with Gasteiger partial charge in [-0.1, -0.05) is 11.6 Å². The minimum atomic E-state index is -0.0762. The molecule has 0 bridgehead atoms. The standard InChI is InChI=1S/C13H19ClN2OS/c14-13-4-1-10(18-13)9-15-5-7-16(8-6-15)11-2-3-12(11)17/h1,4,11-12,17H,2-3,5-9H2. The molecule has 0 spiro atoms. The van der Waals surface area contributed by atoms with Crippen LogP contribution < -0.4 is 0 Å². The minimum absolute atomic E-state index is 0.0762. The van der Waals surface area contributed by atoms with Crippen LogP contribution in [0.5, 0.6) is 0 Å². The Morgan fingerprint density at radius 3 is 2.50 bits per heavy atom. The van der Waals surface area contributed by atoms with Crippen molar-refractivity contribution in [3.8, 4) is 0 Å². The molecule has 2 unspecified atom stereocenters. The van der Waals surface area contributed by atoms with Gasteiger partial charge in [0.2, 0.25) is 0 Å². The zero-order valence-corrected chi connectivity index (χ0v) is 12.0. The molecule has 2 fully saturated rings. The van der Waals surface area contributed by atoms with Crippen LogP contribution in [0.25, 0.3) is 0 Å². The third-order valence-electron chi connectivity index (χ3n) is 4.09. The van der Waals surface area contributed by atoms with Gasteiger partial charge < -0.3 is 5.11 Å². The molecule has 100 valence electrons. The van der Waals surface area contributed by atoms with E-state index in [1.807, 2.05) is 6.07 Å². The van der Waals surface area contributed by atoms with Crippen LogP contribution in [0, 0.1) is 0 Å². The molecule has 1 aliphatic heterocycles. The molecule has 2 aliphatic rings. The number of thiophene rings is 1. The lowest BCUT2D eigenvalue weighted by atomic mass is 9.87. The minimum Gasteiger partial charge on any atom is -0.391 e. The van der Waals surface area contributed by atoms with Crippen LogP contribution in [-0.4, -0.2) is 53.2 Å². The van der Waals surface area contributed by atoms with E-state index < -0.39 is 0 Å². The normalized spacial score (nSPS) is 30.3. The van der Waals surface area contributed by atoms with Gasteiger partial charge in [-0.15, -0.1) is 11.3 Å². The van der Waals surface area contributed by atoms with Crippen molar-refractivity contribution in [1.82, 2.24) is 9.80 Å². The Morgan fingerprint density at radius 2 is 2.00 bits per heavy atom. The molecule has 1 saturated heterocycles. The van der Waals surface area contributed by atoms with Crippen molar-refractivity contribution in [2.24, 2.45) is 0 Å². The van der Waals surface area contributed by atoms with Gasteiger partial charge in [0.1, 0.15) is 0 Å². The molecule has 0 amide bonds. The average molecular weight is 287 g/mol. The number of aliphatic hydroxyl groups is 1. The maximum absolute atomic E-state index is 9.70. The molecule has 1 saturated carbocycles. The van der Waals surface area contributed by atoms with Gasteiger partial charge >= 0.3 is 0 Å². The van der Waals surface area contributed by atoms with Crippen LogP contribution in [0.1, 0.15) is 17.7 Å². The first-order valence-corrected chi connectivity index (χ1v) is 7.80. The molecule has 1 aliphatic carbocycles. The van der Waals surface area contributed by atoms with E-state index in [1.165, 1.54) is 11.3 Å². The molecule has 3 rings (SSSR count). The highest BCUT2D eigenvalue weighted by Crippen LogP contribution is 2.27. The largest absolute Gasteiger partial charge is 0.391 e. The maximum atomic E-state index is 9.70. The Bertz CT molecular complexity index is 403. The van der Waals surface area contributed by atoms with Crippen LogP contribution in [0.3, 0.4) is 0 Å². The summed E-state index contributed by atoms with van der Waals surface area (Å²) in [5.74, 6) is 0. The third-order valence-corrected chi connectivity index (χ3v) is 5.30. The Hall–Kier alpha value is -0.130. The van der Waals surface area contributed by atoms with Gasteiger partial charge in [-0.25, -0.2) is 0 Å². The molecule has 1 N–H and O–H groups in total. The van der Waals surface area contributed by atoms with E-state index in [-0.39, 0.29) is 6.10 Å². The van der Waals surface area contributed by atoms with Gasteiger partial charge in [0, 0.05) is 43.6 Å². The van der Waals surface area contributed by atoms with Crippen LogP contribution in [0.2, 0.25) is 4.34 Å². The number of rotatable bonds is 3. The smallest absolute Gasteiger partial charge is 0.0931 e. The summed E-state index contributed by atoms with van der Waals surface area (Å²) in [6, 6.07) is 4.53. The zero-order chi connectivity index (χ0) is 12.5. The van der Waals surface area contributed by atoms with Crippen LogP contribution in [0.15, 0.2) is 12.1 Å². The van der Waals surface area contributed by atoms with Gasteiger partial charge in [-0.3, -0.25) is 9.80 Å². The van der Waals surface area contributed by atoms with Crippen molar-refractivity contribution in [2.75, 3.05) is 26.2 Å². The molecule has 0 radical (unpaired) electrons. The van der Waals surface area contributed by atoms with Crippen LogP contribution in [-0.2, 0) is 6.54 Å². The van der Waals surface area contributed by atoms with Crippen molar-refractivity contribution in [3.05, 3.63) is 21.3 Å². The highest BCUT2D eigenvalue weighted by atomic mass is 35.5. The van der Waals surface area contributed by atoms with Crippen molar-refractivity contribution in [3.63, 3.8) is 0 Å². The lowest BCUT2D eigenvalue weighted by molar-refractivity contribution is -0.0396. The van der Waals surface area contributed by atoms with E-state index in [1.54, 1.807) is 11.3 Å². The summed E-state index contributed by atoms with van der Waals surface area (Å²) >= 11 is 7.62. The van der Waals surface area contributed by atoms with Crippen LogP contribution >= 0.6 is 22.9 Å². The fraction of sp³-hybridized carbons (Fsp3) is 0.692. The topological polar surface area (TPSA) is 26.7 Å².